The molecule has 5 aromatic rings. The van der Waals surface area contributed by atoms with E-state index in [1.54, 1.807) is 12.1 Å². The van der Waals surface area contributed by atoms with Crippen LogP contribution in [0.2, 0.25) is 0 Å². The molecule has 1 saturated heterocycles. The van der Waals surface area contributed by atoms with Gasteiger partial charge in [-0.05, 0) is 74.7 Å². The number of anilines is 1. The predicted molar refractivity (Wildman–Crippen MR) is 174 cm³/mol. The number of fused-ring (bicyclic) bond motifs is 1. The van der Waals surface area contributed by atoms with E-state index >= 15 is 4.39 Å². The van der Waals surface area contributed by atoms with Crippen LogP contribution < -0.4 is 19.5 Å². The van der Waals surface area contributed by atoms with Crippen LogP contribution in [-0.4, -0.2) is 64.1 Å². The summed E-state index contributed by atoms with van der Waals surface area (Å²) < 4.78 is 102. The number of piperidine rings is 1. The Bertz CT molecular complexity index is 2050. The van der Waals surface area contributed by atoms with E-state index in [0.717, 1.165) is 44.1 Å². The Morgan fingerprint density at radius 1 is 0.922 bits per heavy atom. The molecule has 0 spiro atoms. The molecule has 0 bridgehead atoms. The smallest absolute Gasteiger partial charge is 0.435 e. The molecule has 0 atom stereocenters. The molecule has 1 aliphatic rings. The third-order valence-electron chi connectivity index (χ3n) is 8.45. The summed E-state index contributed by atoms with van der Waals surface area (Å²) in [6, 6.07) is 10.0. The number of aromatic nitrogens is 4. The van der Waals surface area contributed by atoms with E-state index in [2.05, 4.69) is 32.4 Å². The number of likely N-dealkylation sites (tertiary alicyclic amines) is 1. The quantitative estimate of drug-likeness (QED) is 0.109. The SMILES string of the molecule is COc1cc2c(Oc3ccc(NC(=O)c4nnn(-c5ccc(F)c(F)c5)c4C(F)(F)F)cc3F)ccnc2cc1OCCCN1CCC(C)CC1. The summed E-state index contributed by atoms with van der Waals surface area (Å²) in [7, 11) is 1.49. The minimum absolute atomic E-state index is 0.162. The normalized spacial score (nSPS) is 14.1. The first-order valence-corrected chi connectivity index (χ1v) is 16.0. The highest BCUT2D eigenvalue weighted by Crippen LogP contribution is 2.38. The molecule has 1 N–H and O–H groups in total. The lowest BCUT2D eigenvalue weighted by Gasteiger charge is -2.30. The Balaban J connectivity index is 1.15. The van der Waals surface area contributed by atoms with E-state index in [4.69, 9.17) is 14.2 Å². The summed E-state index contributed by atoms with van der Waals surface area (Å²) in [5.41, 5.74) is -3.08. The van der Waals surface area contributed by atoms with Gasteiger partial charge in [0.15, 0.2) is 46.1 Å². The number of nitrogens with zero attached hydrogens (tertiary/aromatic N) is 5. The number of halogens is 6. The van der Waals surface area contributed by atoms with Gasteiger partial charge in [-0.3, -0.25) is 9.78 Å². The van der Waals surface area contributed by atoms with Gasteiger partial charge < -0.3 is 24.4 Å². The second-order valence-electron chi connectivity index (χ2n) is 12.1. The van der Waals surface area contributed by atoms with E-state index in [1.807, 2.05) is 0 Å². The van der Waals surface area contributed by atoms with E-state index < -0.39 is 46.6 Å². The van der Waals surface area contributed by atoms with Crippen LogP contribution in [0, 0.1) is 23.4 Å². The third kappa shape index (κ3) is 8.01. The van der Waals surface area contributed by atoms with E-state index in [9.17, 15) is 26.7 Å². The summed E-state index contributed by atoms with van der Waals surface area (Å²) in [6.45, 7) is 5.85. The van der Waals surface area contributed by atoms with Gasteiger partial charge in [0.05, 0.1) is 24.9 Å². The molecule has 0 aliphatic carbocycles. The van der Waals surface area contributed by atoms with Crippen molar-refractivity contribution in [2.45, 2.75) is 32.4 Å². The molecule has 16 heteroatoms. The fraction of sp³-hybridized carbons (Fsp3) is 0.314. The van der Waals surface area contributed by atoms with Gasteiger partial charge in [-0.1, -0.05) is 12.1 Å². The van der Waals surface area contributed by atoms with Gasteiger partial charge >= 0.3 is 6.18 Å². The number of hydrogen-bond donors (Lipinski definition) is 1. The standard InChI is InChI=1S/C35H32F6N6O4/c1-20-9-13-46(14-10-20)12-3-15-50-31-19-27-23(18-30(31)49-2)28(8-11-42-27)51-29-7-4-21(16-26(29)38)43-34(48)32-33(35(39,40)41)47(45-44-32)22-5-6-24(36)25(37)17-22/h4-8,11,16-20H,3,9-10,12-15H2,1-2H3,(H,43,48). The number of carbonyl (C=O) groups excluding carboxylic acids is 1. The second kappa shape index (κ2) is 14.8. The Kier molecular flexibility index (Phi) is 10.3. The number of rotatable bonds is 11. The summed E-state index contributed by atoms with van der Waals surface area (Å²) in [5.74, 6) is -3.41. The zero-order chi connectivity index (χ0) is 36.3. The Hall–Kier alpha value is -5.38. The summed E-state index contributed by atoms with van der Waals surface area (Å²) in [4.78, 5) is 19.7. The molecule has 1 fully saturated rings. The number of carbonyl (C=O) groups is 1. The molecule has 3 heterocycles. The van der Waals surface area contributed by atoms with Gasteiger partial charge in [0.2, 0.25) is 0 Å². The number of methoxy groups -OCH3 is 1. The van der Waals surface area contributed by atoms with Crippen molar-refractivity contribution in [2.75, 3.05) is 38.7 Å². The monoisotopic (exact) mass is 714 g/mol. The summed E-state index contributed by atoms with van der Waals surface area (Å²) in [5, 5.41) is 9.28. The highest BCUT2D eigenvalue weighted by molar-refractivity contribution is 6.03. The molecule has 10 nitrogen and oxygen atoms in total. The zero-order valence-electron chi connectivity index (χ0n) is 27.4. The maximum atomic E-state index is 15.3. The Labute approximate surface area is 287 Å². The topological polar surface area (TPSA) is 104 Å². The maximum Gasteiger partial charge on any atom is 0.435 e. The number of nitrogens with one attached hydrogen (secondary N) is 1. The largest absolute Gasteiger partial charge is 0.493 e. The molecule has 6 rings (SSSR count). The average molecular weight is 715 g/mol. The van der Waals surface area contributed by atoms with Crippen molar-refractivity contribution < 1.29 is 45.3 Å². The highest BCUT2D eigenvalue weighted by atomic mass is 19.4. The molecule has 2 aromatic heterocycles. The lowest BCUT2D eigenvalue weighted by Crippen LogP contribution is -2.34. The van der Waals surface area contributed by atoms with Crippen LogP contribution in [0.1, 0.15) is 42.4 Å². The van der Waals surface area contributed by atoms with Crippen molar-refractivity contribution in [1.29, 1.82) is 0 Å². The molecular formula is C35H32F6N6O4. The summed E-state index contributed by atoms with van der Waals surface area (Å²) in [6.07, 6.45) is -0.475. The summed E-state index contributed by atoms with van der Waals surface area (Å²) >= 11 is 0. The first kappa shape index (κ1) is 35.4. The number of alkyl halides is 3. The van der Waals surface area contributed by atoms with Crippen molar-refractivity contribution in [3.05, 3.63) is 89.6 Å². The number of hydrogen-bond acceptors (Lipinski definition) is 8. The average Bonchev–Trinajstić information content (AvgIpc) is 3.56. The molecule has 0 unspecified atom stereocenters. The molecule has 1 aliphatic heterocycles. The molecule has 3 aromatic carbocycles. The van der Waals surface area contributed by atoms with Crippen LogP contribution in [0.5, 0.6) is 23.0 Å². The minimum Gasteiger partial charge on any atom is -0.493 e. The highest BCUT2D eigenvalue weighted by Gasteiger charge is 2.42. The fourth-order valence-corrected chi connectivity index (χ4v) is 5.70. The number of pyridine rings is 1. The van der Waals surface area contributed by atoms with E-state index in [-0.39, 0.29) is 21.9 Å². The van der Waals surface area contributed by atoms with Crippen LogP contribution in [-0.2, 0) is 6.18 Å². The van der Waals surface area contributed by atoms with Crippen molar-refractivity contribution >= 4 is 22.5 Å². The Morgan fingerprint density at radius 2 is 1.71 bits per heavy atom. The van der Waals surface area contributed by atoms with Crippen molar-refractivity contribution in [3.8, 4) is 28.7 Å². The third-order valence-corrected chi connectivity index (χ3v) is 8.45. The number of amides is 1. The van der Waals surface area contributed by atoms with Crippen molar-refractivity contribution in [1.82, 2.24) is 24.9 Å². The molecule has 0 radical (unpaired) electrons. The molecule has 268 valence electrons. The lowest BCUT2D eigenvalue weighted by atomic mass is 9.99. The number of ether oxygens (including phenoxy) is 3. The molecule has 1 amide bonds. The maximum absolute atomic E-state index is 15.3. The van der Waals surface area contributed by atoms with Crippen LogP contribution in [0.4, 0.5) is 32.0 Å². The van der Waals surface area contributed by atoms with Crippen LogP contribution >= 0.6 is 0 Å². The van der Waals surface area contributed by atoms with Crippen LogP contribution in [0.15, 0.2) is 60.8 Å². The lowest BCUT2D eigenvalue weighted by molar-refractivity contribution is -0.143. The zero-order valence-corrected chi connectivity index (χ0v) is 27.4. The van der Waals surface area contributed by atoms with Gasteiger partial charge in [-0.15, -0.1) is 5.10 Å². The minimum atomic E-state index is -5.18. The fourth-order valence-electron chi connectivity index (χ4n) is 5.70. The van der Waals surface area contributed by atoms with Crippen molar-refractivity contribution in [3.63, 3.8) is 0 Å². The van der Waals surface area contributed by atoms with E-state index in [0.29, 0.717) is 41.1 Å². The van der Waals surface area contributed by atoms with Crippen molar-refractivity contribution in [2.24, 2.45) is 5.92 Å². The first-order chi connectivity index (χ1) is 24.4. The number of benzene rings is 3. The second-order valence-corrected chi connectivity index (χ2v) is 12.1. The molecule has 0 saturated carbocycles. The Morgan fingerprint density at radius 3 is 2.41 bits per heavy atom. The van der Waals surface area contributed by atoms with Crippen LogP contribution in [0.25, 0.3) is 16.6 Å². The van der Waals surface area contributed by atoms with Gasteiger partial charge in [0, 0.05) is 42.0 Å². The molecule has 51 heavy (non-hydrogen) atoms. The van der Waals surface area contributed by atoms with Gasteiger partial charge in [0.25, 0.3) is 5.91 Å². The first-order valence-electron chi connectivity index (χ1n) is 16.0. The van der Waals surface area contributed by atoms with E-state index in [1.165, 1.54) is 44.3 Å². The predicted octanol–water partition coefficient (Wildman–Crippen LogP) is 7.81. The van der Waals surface area contributed by atoms with Crippen LogP contribution in [0.3, 0.4) is 0 Å². The van der Waals surface area contributed by atoms with Gasteiger partial charge in [0.1, 0.15) is 5.75 Å². The van der Waals surface area contributed by atoms with Gasteiger partial charge in [-0.25, -0.2) is 17.9 Å². The van der Waals surface area contributed by atoms with Gasteiger partial charge in [-0.2, -0.15) is 13.2 Å². The molecular weight excluding hydrogens is 682 g/mol.